The Bertz CT molecular complexity index is 330. The summed E-state index contributed by atoms with van der Waals surface area (Å²) < 4.78 is 10.3. The number of hydrogen-bond donors (Lipinski definition) is 1. The van der Waals surface area contributed by atoms with Gasteiger partial charge in [0.25, 0.3) is 0 Å². The van der Waals surface area contributed by atoms with E-state index in [4.69, 9.17) is 15.0 Å². The first-order chi connectivity index (χ1) is 8.64. The predicted octanol–water partition coefficient (Wildman–Crippen LogP) is 1.39. The van der Waals surface area contributed by atoms with Crippen molar-refractivity contribution in [1.29, 1.82) is 0 Å². The summed E-state index contributed by atoms with van der Waals surface area (Å²) in [5.41, 5.74) is 7.51. The third-order valence-electron chi connectivity index (χ3n) is 3.10. The Morgan fingerprint density at radius 1 is 1.72 bits per heavy atom. The summed E-state index contributed by atoms with van der Waals surface area (Å²) in [4.78, 5) is 14.6. The highest BCUT2D eigenvalue weighted by molar-refractivity contribution is 5.81. The molecule has 18 heavy (non-hydrogen) atoms. The molecule has 7 heteroatoms. The molecule has 0 saturated carbocycles. The molecule has 7 nitrogen and oxygen atoms in total. The van der Waals surface area contributed by atoms with Crippen molar-refractivity contribution >= 4 is 5.97 Å². The minimum Gasteiger partial charge on any atom is -0.468 e. The Morgan fingerprint density at radius 3 is 3.11 bits per heavy atom. The molecule has 1 aliphatic rings. The maximum absolute atomic E-state index is 11.9. The zero-order chi connectivity index (χ0) is 13.4. The molecule has 102 valence electrons. The number of esters is 1. The van der Waals surface area contributed by atoms with E-state index < -0.39 is 5.54 Å². The monoisotopic (exact) mass is 256 g/mol. The van der Waals surface area contributed by atoms with Crippen molar-refractivity contribution in [2.75, 3.05) is 26.8 Å². The van der Waals surface area contributed by atoms with E-state index in [1.54, 1.807) is 0 Å². The zero-order valence-electron chi connectivity index (χ0n) is 10.9. The minimum atomic E-state index is -0.664. The smallest absolute Gasteiger partial charge is 0.326 e. The molecule has 1 rings (SSSR count). The SMILES string of the molecule is COC(=O)C1(NCCCN=[N+]=[N-])CCOC(C)C1. The molecule has 1 heterocycles. The molecule has 0 aromatic carbocycles. The van der Waals surface area contributed by atoms with Crippen LogP contribution in [0.1, 0.15) is 26.2 Å². The molecule has 0 bridgehead atoms. The second-order valence-electron chi connectivity index (χ2n) is 4.44. The molecular formula is C11H20N4O3. The van der Waals surface area contributed by atoms with Gasteiger partial charge in [-0.1, -0.05) is 5.11 Å². The van der Waals surface area contributed by atoms with Crippen LogP contribution in [0.5, 0.6) is 0 Å². The van der Waals surface area contributed by atoms with Crippen molar-refractivity contribution < 1.29 is 14.3 Å². The van der Waals surface area contributed by atoms with E-state index in [2.05, 4.69) is 15.3 Å². The largest absolute Gasteiger partial charge is 0.468 e. The molecule has 1 aliphatic heterocycles. The highest BCUT2D eigenvalue weighted by Crippen LogP contribution is 2.26. The number of azide groups is 1. The van der Waals surface area contributed by atoms with E-state index in [9.17, 15) is 4.79 Å². The molecule has 2 atom stereocenters. The van der Waals surface area contributed by atoms with Gasteiger partial charge in [0.15, 0.2) is 0 Å². The number of carbonyl (C=O) groups excluding carboxylic acids is 1. The van der Waals surface area contributed by atoms with Crippen LogP contribution < -0.4 is 5.32 Å². The predicted molar refractivity (Wildman–Crippen MR) is 66.0 cm³/mol. The van der Waals surface area contributed by atoms with Gasteiger partial charge in [-0.2, -0.15) is 0 Å². The van der Waals surface area contributed by atoms with Gasteiger partial charge in [0.05, 0.1) is 13.2 Å². The summed E-state index contributed by atoms with van der Waals surface area (Å²) in [7, 11) is 1.39. The number of nitrogens with one attached hydrogen (secondary N) is 1. The normalized spacial score (nSPS) is 27.3. The fraction of sp³-hybridized carbons (Fsp3) is 0.909. The van der Waals surface area contributed by atoms with Crippen LogP contribution in [0.15, 0.2) is 5.11 Å². The van der Waals surface area contributed by atoms with E-state index in [0.717, 1.165) is 0 Å². The van der Waals surface area contributed by atoms with Gasteiger partial charge in [-0.15, -0.1) is 0 Å². The number of hydrogen-bond acceptors (Lipinski definition) is 5. The summed E-state index contributed by atoms with van der Waals surface area (Å²) in [6.45, 7) is 3.52. The van der Waals surface area contributed by atoms with Crippen molar-refractivity contribution in [3.05, 3.63) is 10.4 Å². The molecule has 0 aromatic rings. The van der Waals surface area contributed by atoms with Gasteiger partial charge in [0, 0.05) is 24.5 Å². The number of ether oxygens (including phenoxy) is 2. The van der Waals surface area contributed by atoms with E-state index in [1.807, 2.05) is 6.92 Å². The molecule has 0 spiro atoms. The van der Waals surface area contributed by atoms with Crippen LogP contribution in [0.25, 0.3) is 10.4 Å². The van der Waals surface area contributed by atoms with Crippen LogP contribution in [-0.2, 0) is 14.3 Å². The third kappa shape index (κ3) is 3.87. The van der Waals surface area contributed by atoms with Gasteiger partial charge in [0.1, 0.15) is 5.54 Å². The van der Waals surface area contributed by atoms with Gasteiger partial charge in [-0.25, -0.2) is 0 Å². The average Bonchev–Trinajstić information content (AvgIpc) is 2.37. The summed E-state index contributed by atoms with van der Waals surface area (Å²) in [5.74, 6) is -0.249. The Labute approximate surface area is 106 Å². The van der Waals surface area contributed by atoms with Gasteiger partial charge in [-0.3, -0.25) is 4.79 Å². The molecule has 1 N–H and O–H groups in total. The highest BCUT2D eigenvalue weighted by Gasteiger charge is 2.42. The van der Waals surface area contributed by atoms with E-state index in [-0.39, 0.29) is 12.1 Å². The topological polar surface area (TPSA) is 96.3 Å². The van der Waals surface area contributed by atoms with Crippen LogP contribution in [0.4, 0.5) is 0 Å². The van der Waals surface area contributed by atoms with Crippen molar-refractivity contribution in [1.82, 2.24) is 5.32 Å². The summed E-state index contributed by atoms with van der Waals surface area (Å²) in [5, 5.41) is 6.69. The number of methoxy groups -OCH3 is 1. The number of carbonyl (C=O) groups is 1. The third-order valence-corrected chi connectivity index (χ3v) is 3.10. The molecule has 0 amide bonds. The van der Waals surface area contributed by atoms with Gasteiger partial charge >= 0.3 is 5.97 Å². The Morgan fingerprint density at radius 2 is 2.50 bits per heavy atom. The first kappa shape index (κ1) is 14.8. The molecule has 2 unspecified atom stereocenters. The van der Waals surface area contributed by atoms with Crippen LogP contribution in [0, 0.1) is 0 Å². The molecule has 0 aromatic heterocycles. The lowest BCUT2D eigenvalue weighted by atomic mass is 9.87. The Balaban J connectivity index is 2.55. The quantitative estimate of drug-likeness (QED) is 0.255. The molecular weight excluding hydrogens is 236 g/mol. The van der Waals surface area contributed by atoms with Crippen molar-refractivity contribution in [2.45, 2.75) is 37.8 Å². The first-order valence-electron chi connectivity index (χ1n) is 6.10. The number of rotatable bonds is 6. The Hall–Kier alpha value is -1.30. The maximum Gasteiger partial charge on any atom is 0.326 e. The second-order valence-corrected chi connectivity index (χ2v) is 4.44. The van der Waals surface area contributed by atoms with E-state index >= 15 is 0 Å². The highest BCUT2D eigenvalue weighted by atomic mass is 16.5. The molecule has 1 fully saturated rings. The van der Waals surface area contributed by atoms with Crippen LogP contribution in [0.2, 0.25) is 0 Å². The fourth-order valence-corrected chi connectivity index (χ4v) is 2.22. The average molecular weight is 256 g/mol. The number of nitrogens with zero attached hydrogens (tertiary/aromatic N) is 3. The molecule has 1 saturated heterocycles. The van der Waals surface area contributed by atoms with Crippen LogP contribution in [-0.4, -0.2) is 44.4 Å². The van der Waals surface area contributed by atoms with Crippen LogP contribution in [0.3, 0.4) is 0 Å². The first-order valence-corrected chi connectivity index (χ1v) is 6.10. The lowest BCUT2D eigenvalue weighted by Crippen LogP contribution is -2.57. The van der Waals surface area contributed by atoms with Crippen LogP contribution >= 0.6 is 0 Å². The summed E-state index contributed by atoms with van der Waals surface area (Å²) in [6.07, 6.45) is 1.92. The second kappa shape index (κ2) is 7.20. The van der Waals surface area contributed by atoms with Gasteiger partial charge < -0.3 is 14.8 Å². The zero-order valence-corrected chi connectivity index (χ0v) is 10.9. The van der Waals surface area contributed by atoms with E-state index in [1.165, 1.54) is 7.11 Å². The van der Waals surface area contributed by atoms with E-state index in [0.29, 0.717) is 39.0 Å². The summed E-state index contributed by atoms with van der Waals surface area (Å²) >= 11 is 0. The fourth-order valence-electron chi connectivity index (χ4n) is 2.22. The standard InChI is InChI=1S/C11H20N4O3/c1-9-8-11(4-7-18-9,10(16)17-2)13-5-3-6-14-15-12/h9,13H,3-8H2,1-2H3. The lowest BCUT2D eigenvalue weighted by Gasteiger charge is -2.38. The summed E-state index contributed by atoms with van der Waals surface area (Å²) in [6, 6.07) is 0. The maximum atomic E-state index is 11.9. The molecule has 0 aliphatic carbocycles. The van der Waals surface area contributed by atoms with Crippen molar-refractivity contribution in [2.24, 2.45) is 5.11 Å². The minimum absolute atomic E-state index is 0.0301. The Kier molecular flexibility index (Phi) is 5.91. The molecule has 0 radical (unpaired) electrons. The lowest BCUT2D eigenvalue weighted by molar-refractivity contribution is -0.155. The van der Waals surface area contributed by atoms with Gasteiger partial charge in [0.2, 0.25) is 0 Å². The van der Waals surface area contributed by atoms with Gasteiger partial charge in [-0.05, 0) is 31.8 Å². The van der Waals surface area contributed by atoms with Crippen molar-refractivity contribution in [3.63, 3.8) is 0 Å². The van der Waals surface area contributed by atoms with Crippen molar-refractivity contribution in [3.8, 4) is 0 Å².